The number of para-hydroxylation sites is 1. The van der Waals surface area contributed by atoms with Gasteiger partial charge in [0.25, 0.3) is 0 Å². The second-order valence-electron chi connectivity index (χ2n) is 6.05. The average Bonchev–Trinajstić information content (AvgIpc) is 2.90. The number of carbonyl (C=O) groups is 1. The van der Waals surface area contributed by atoms with E-state index in [1.54, 1.807) is 0 Å². The highest BCUT2D eigenvalue weighted by molar-refractivity contribution is 5.82. The second-order valence-corrected chi connectivity index (χ2v) is 6.05. The molecule has 0 saturated heterocycles. The molecule has 0 fully saturated rings. The van der Waals surface area contributed by atoms with Crippen LogP contribution in [0, 0.1) is 0 Å². The summed E-state index contributed by atoms with van der Waals surface area (Å²) >= 11 is 0. The number of nitrogens with zero attached hydrogens (tertiary/aromatic N) is 1. The van der Waals surface area contributed by atoms with Crippen molar-refractivity contribution in [2.24, 2.45) is 5.73 Å². The number of hydrogen-bond donors (Lipinski definition) is 2. The number of nitrogens with one attached hydrogen (secondary N) is 1. The molecule has 4 heteroatoms. The summed E-state index contributed by atoms with van der Waals surface area (Å²) in [7, 11) is 0. The van der Waals surface area contributed by atoms with Gasteiger partial charge in [-0.3, -0.25) is 4.79 Å². The minimum atomic E-state index is -0.612. The fraction of sp³-hybridized carbons (Fsp3) is 0.316. The van der Waals surface area contributed by atoms with E-state index < -0.39 is 6.04 Å². The van der Waals surface area contributed by atoms with Crippen LogP contribution in [0.3, 0.4) is 0 Å². The Bertz CT molecular complexity index is 671. The molecule has 4 nitrogen and oxygen atoms in total. The van der Waals surface area contributed by atoms with E-state index in [0.29, 0.717) is 12.6 Å². The Labute approximate surface area is 137 Å². The summed E-state index contributed by atoms with van der Waals surface area (Å²) in [6.07, 6.45) is 1.06. The van der Waals surface area contributed by atoms with Crippen LogP contribution < -0.4 is 16.0 Å². The molecule has 0 aliphatic carbocycles. The highest BCUT2D eigenvalue weighted by Gasteiger charge is 2.25. The third-order valence-corrected chi connectivity index (χ3v) is 4.44. The van der Waals surface area contributed by atoms with Crippen molar-refractivity contribution < 1.29 is 4.79 Å². The zero-order valence-electron chi connectivity index (χ0n) is 13.4. The number of amides is 1. The first kappa shape index (κ1) is 15.6. The summed E-state index contributed by atoms with van der Waals surface area (Å²) < 4.78 is 0. The molecule has 2 unspecified atom stereocenters. The SMILES string of the molecule is CC1Cc2ccccc2N1CCNC(=O)C(N)c1ccccc1. The van der Waals surface area contributed by atoms with Gasteiger partial charge < -0.3 is 16.0 Å². The fourth-order valence-electron chi connectivity index (χ4n) is 3.19. The molecule has 23 heavy (non-hydrogen) atoms. The first-order chi connectivity index (χ1) is 11.2. The number of rotatable bonds is 5. The lowest BCUT2D eigenvalue weighted by Gasteiger charge is -2.25. The zero-order chi connectivity index (χ0) is 16.2. The topological polar surface area (TPSA) is 58.4 Å². The molecule has 0 radical (unpaired) electrons. The van der Waals surface area contributed by atoms with E-state index in [2.05, 4.69) is 41.4 Å². The fourth-order valence-corrected chi connectivity index (χ4v) is 3.19. The molecule has 1 aliphatic heterocycles. The van der Waals surface area contributed by atoms with Crippen molar-refractivity contribution in [3.05, 3.63) is 65.7 Å². The van der Waals surface area contributed by atoms with Crippen LogP contribution in [-0.4, -0.2) is 25.0 Å². The maximum Gasteiger partial charge on any atom is 0.241 e. The first-order valence-corrected chi connectivity index (χ1v) is 8.09. The van der Waals surface area contributed by atoms with E-state index in [1.807, 2.05) is 30.3 Å². The van der Waals surface area contributed by atoms with Crippen LogP contribution in [0.1, 0.15) is 24.1 Å². The standard InChI is InChI=1S/C19H23N3O/c1-14-13-16-9-5-6-10-17(16)22(14)12-11-21-19(23)18(20)15-7-3-2-4-8-15/h2-10,14,18H,11-13,20H2,1H3,(H,21,23). The van der Waals surface area contributed by atoms with Gasteiger partial charge in [0.05, 0.1) is 0 Å². The molecule has 2 aromatic carbocycles. The summed E-state index contributed by atoms with van der Waals surface area (Å²) in [5.41, 5.74) is 9.51. The van der Waals surface area contributed by atoms with Crippen LogP contribution in [-0.2, 0) is 11.2 Å². The highest BCUT2D eigenvalue weighted by atomic mass is 16.2. The number of hydrogen-bond acceptors (Lipinski definition) is 3. The summed E-state index contributed by atoms with van der Waals surface area (Å²) in [6, 6.07) is 17.8. The molecule has 1 amide bonds. The maximum absolute atomic E-state index is 12.2. The van der Waals surface area contributed by atoms with Gasteiger partial charge in [-0.05, 0) is 30.5 Å². The van der Waals surface area contributed by atoms with Crippen LogP contribution in [0.4, 0.5) is 5.69 Å². The zero-order valence-corrected chi connectivity index (χ0v) is 13.4. The van der Waals surface area contributed by atoms with Crippen molar-refractivity contribution in [2.45, 2.75) is 25.4 Å². The first-order valence-electron chi connectivity index (χ1n) is 8.09. The molecule has 0 aromatic heterocycles. The molecule has 0 saturated carbocycles. The van der Waals surface area contributed by atoms with E-state index in [-0.39, 0.29) is 5.91 Å². The largest absolute Gasteiger partial charge is 0.367 e. The van der Waals surface area contributed by atoms with Gasteiger partial charge in [0.15, 0.2) is 0 Å². The average molecular weight is 309 g/mol. The molecule has 0 spiro atoms. The van der Waals surface area contributed by atoms with Crippen LogP contribution >= 0.6 is 0 Å². The van der Waals surface area contributed by atoms with Gasteiger partial charge in [-0.25, -0.2) is 0 Å². The Kier molecular flexibility index (Phi) is 4.63. The molecule has 3 rings (SSSR count). The number of benzene rings is 2. The van der Waals surface area contributed by atoms with Gasteiger partial charge in [0, 0.05) is 24.8 Å². The molecular formula is C19H23N3O. The van der Waals surface area contributed by atoms with Gasteiger partial charge in [0.2, 0.25) is 5.91 Å². The van der Waals surface area contributed by atoms with Crippen molar-refractivity contribution in [3.8, 4) is 0 Å². The number of anilines is 1. The summed E-state index contributed by atoms with van der Waals surface area (Å²) in [4.78, 5) is 14.5. The van der Waals surface area contributed by atoms with E-state index in [9.17, 15) is 4.79 Å². The van der Waals surface area contributed by atoms with Gasteiger partial charge in [-0.15, -0.1) is 0 Å². The summed E-state index contributed by atoms with van der Waals surface area (Å²) in [5, 5.41) is 2.95. The van der Waals surface area contributed by atoms with Crippen molar-refractivity contribution >= 4 is 11.6 Å². The molecule has 2 atom stereocenters. The minimum Gasteiger partial charge on any atom is -0.367 e. The second kappa shape index (κ2) is 6.84. The van der Waals surface area contributed by atoms with Gasteiger partial charge in [-0.2, -0.15) is 0 Å². The van der Waals surface area contributed by atoms with Gasteiger partial charge in [-0.1, -0.05) is 48.5 Å². The third-order valence-electron chi connectivity index (χ3n) is 4.44. The van der Waals surface area contributed by atoms with Crippen molar-refractivity contribution in [1.29, 1.82) is 0 Å². The summed E-state index contributed by atoms with van der Waals surface area (Å²) in [6.45, 7) is 3.61. The predicted octanol–water partition coefficient (Wildman–Crippen LogP) is 2.25. The Balaban J connectivity index is 1.55. The predicted molar refractivity (Wildman–Crippen MR) is 93.3 cm³/mol. The quantitative estimate of drug-likeness (QED) is 0.890. The maximum atomic E-state index is 12.2. The van der Waals surface area contributed by atoms with E-state index in [1.165, 1.54) is 11.3 Å². The van der Waals surface area contributed by atoms with E-state index >= 15 is 0 Å². The molecule has 3 N–H and O–H groups in total. The molecule has 0 bridgehead atoms. The smallest absolute Gasteiger partial charge is 0.241 e. The molecular weight excluding hydrogens is 286 g/mol. The van der Waals surface area contributed by atoms with Crippen molar-refractivity contribution in [2.75, 3.05) is 18.0 Å². The lowest BCUT2D eigenvalue weighted by atomic mass is 10.1. The van der Waals surface area contributed by atoms with Gasteiger partial charge in [0.1, 0.15) is 6.04 Å². The Morgan fingerprint density at radius 1 is 1.22 bits per heavy atom. The number of carbonyl (C=O) groups excluding carboxylic acids is 1. The van der Waals surface area contributed by atoms with Crippen molar-refractivity contribution in [1.82, 2.24) is 5.32 Å². The monoisotopic (exact) mass is 309 g/mol. The molecule has 2 aromatic rings. The minimum absolute atomic E-state index is 0.128. The van der Waals surface area contributed by atoms with Crippen LogP contribution in [0.15, 0.2) is 54.6 Å². The molecule has 1 heterocycles. The number of fused-ring (bicyclic) bond motifs is 1. The Morgan fingerprint density at radius 2 is 1.91 bits per heavy atom. The normalized spacial score (nSPS) is 17.7. The Morgan fingerprint density at radius 3 is 2.70 bits per heavy atom. The lowest BCUT2D eigenvalue weighted by Crippen LogP contribution is -2.41. The third kappa shape index (κ3) is 3.37. The van der Waals surface area contributed by atoms with Crippen LogP contribution in [0.2, 0.25) is 0 Å². The lowest BCUT2D eigenvalue weighted by molar-refractivity contribution is -0.122. The molecule has 1 aliphatic rings. The highest BCUT2D eigenvalue weighted by Crippen LogP contribution is 2.31. The Hall–Kier alpha value is -2.33. The van der Waals surface area contributed by atoms with E-state index in [4.69, 9.17) is 5.73 Å². The van der Waals surface area contributed by atoms with E-state index in [0.717, 1.165) is 18.5 Å². The van der Waals surface area contributed by atoms with Crippen LogP contribution in [0.25, 0.3) is 0 Å². The van der Waals surface area contributed by atoms with Crippen molar-refractivity contribution in [3.63, 3.8) is 0 Å². The number of nitrogens with two attached hydrogens (primary N) is 1. The summed E-state index contributed by atoms with van der Waals surface area (Å²) in [5.74, 6) is -0.128. The van der Waals surface area contributed by atoms with Crippen LogP contribution in [0.5, 0.6) is 0 Å². The molecule has 120 valence electrons. The van der Waals surface area contributed by atoms with Gasteiger partial charge >= 0.3 is 0 Å².